The molecule has 0 aliphatic carbocycles. The summed E-state index contributed by atoms with van der Waals surface area (Å²) in [4.78, 5) is 15.2. The zero-order valence-electron chi connectivity index (χ0n) is 15.1. The second-order valence-corrected chi connectivity index (χ2v) is 7.82. The molecule has 0 bridgehead atoms. The molecular formula is C20H19ClN4O2S. The summed E-state index contributed by atoms with van der Waals surface area (Å²) in [5, 5.41) is 9.16. The molecule has 3 aromatic rings. The highest BCUT2D eigenvalue weighted by atomic mass is 35.5. The normalized spacial score (nSPS) is 15.4. The average Bonchev–Trinajstić information content (AvgIpc) is 3.21. The molecule has 1 aromatic heterocycles. The van der Waals surface area contributed by atoms with Gasteiger partial charge in [0.2, 0.25) is 5.91 Å². The monoisotopic (exact) mass is 414 g/mol. The van der Waals surface area contributed by atoms with Crippen molar-refractivity contribution >= 4 is 29.3 Å². The Balaban J connectivity index is 1.65. The quantitative estimate of drug-likeness (QED) is 0.597. The summed E-state index contributed by atoms with van der Waals surface area (Å²) in [6, 6.07) is 17.2. The van der Waals surface area contributed by atoms with Crippen LogP contribution in [0.1, 0.15) is 10.8 Å². The summed E-state index contributed by atoms with van der Waals surface area (Å²) in [6.07, 6.45) is 1.63. The number of hydrogen-bond acceptors (Lipinski definition) is 5. The van der Waals surface area contributed by atoms with E-state index in [1.54, 1.807) is 6.33 Å². The molecule has 1 amide bonds. The van der Waals surface area contributed by atoms with Crippen molar-refractivity contribution in [3.63, 3.8) is 0 Å². The number of carbonyl (C=O) groups excluding carboxylic acids is 1. The van der Waals surface area contributed by atoms with Gasteiger partial charge in [-0.3, -0.25) is 9.36 Å². The summed E-state index contributed by atoms with van der Waals surface area (Å²) in [7, 11) is 0. The number of ether oxygens (including phenoxy) is 1. The van der Waals surface area contributed by atoms with Gasteiger partial charge in [0, 0.05) is 18.1 Å². The van der Waals surface area contributed by atoms with Crippen LogP contribution in [0, 0.1) is 0 Å². The zero-order valence-corrected chi connectivity index (χ0v) is 16.6. The highest BCUT2D eigenvalue weighted by Gasteiger charge is 2.29. The van der Waals surface area contributed by atoms with Crippen molar-refractivity contribution in [2.45, 2.75) is 10.4 Å². The summed E-state index contributed by atoms with van der Waals surface area (Å²) in [5.41, 5.74) is 1.79. The molecule has 6 nitrogen and oxygen atoms in total. The predicted molar refractivity (Wildman–Crippen MR) is 109 cm³/mol. The van der Waals surface area contributed by atoms with Crippen molar-refractivity contribution in [1.82, 2.24) is 19.7 Å². The van der Waals surface area contributed by atoms with Crippen LogP contribution in [0.25, 0.3) is 5.69 Å². The molecule has 0 N–H and O–H groups in total. The Bertz CT molecular complexity index is 944. The lowest BCUT2D eigenvalue weighted by Gasteiger charge is -2.30. The Hall–Kier alpha value is -2.35. The first-order valence-electron chi connectivity index (χ1n) is 8.96. The van der Waals surface area contributed by atoms with Gasteiger partial charge in [-0.15, -0.1) is 10.2 Å². The Labute approximate surface area is 172 Å². The van der Waals surface area contributed by atoms with E-state index in [0.717, 1.165) is 11.3 Å². The van der Waals surface area contributed by atoms with Crippen LogP contribution >= 0.6 is 23.4 Å². The molecule has 28 heavy (non-hydrogen) atoms. The smallest absolute Gasteiger partial charge is 0.240 e. The first-order valence-corrected chi connectivity index (χ1v) is 10.2. The fourth-order valence-corrected chi connectivity index (χ4v) is 4.35. The third-order valence-corrected chi connectivity index (χ3v) is 5.91. The lowest BCUT2D eigenvalue weighted by Crippen LogP contribution is -2.42. The number of rotatable bonds is 5. The Morgan fingerprint density at radius 3 is 2.64 bits per heavy atom. The standard InChI is InChI=1S/C20H19ClN4O2S/c21-16-7-4-8-17(13-16)25-14-22-23-20(25)28-18(15-5-2-1-3-6-15)19(26)24-9-11-27-12-10-24/h1-8,13-14,18H,9-12H2. The number of aromatic nitrogens is 3. The molecule has 1 atom stereocenters. The molecule has 2 heterocycles. The van der Waals surface area contributed by atoms with E-state index in [1.165, 1.54) is 11.8 Å². The average molecular weight is 415 g/mol. The Morgan fingerprint density at radius 2 is 1.89 bits per heavy atom. The number of amides is 1. The number of hydrogen-bond donors (Lipinski definition) is 0. The summed E-state index contributed by atoms with van der Waals surface area (Å²) in [5.74, 6) is 0.0557. The van der Waals surface area contributed by atoms with Crippen LogP contribution in [-0.2, 0) is 9.53 Å². The van der Waals surface area contributed by atoms with Gasteiger partial charge in [-0.05, 0) is 23.8 Å². The van der Waals surface area contributed by atoms with Gasteiger partial charge in [-0.1, -0.05) is 59.8 Å². The Kier molecular flexibility index (Phi) is 5.95. The van der Waals surface area contributed by atoms with Crippen molar-refractivity contribution in [2.75, 3.05) is 26.3 Å². The van der Waals surface area contributed by atoms with Crippen molar-refractivity contribution in [3.8, 4) is 5.69 Å². The molecule has 2 aromatic carbocycles. The van der Waals surface area contributed by atoms with Gasteiger partial charge < -0.3 is 9.64 Å². The van der Waals surface area contributed by atoms with Crippen molar-refractivity contribution < 1.29 is 9.53 Å². The highest BCUT2D eigenvalue weighted by molar-refractivity contribution is 8.00. The fraction of sp³-hybridized carbons (Fsp3) is 0.250. The molecule has 8 heteroatoms. The van der Waals surface area contributed by atoms with E-state index in [9.17, 15) is 4.79 Å². The van der Waals surface area contributed by atoms with Crippen LogP contribution in [0.5, 0.6) is 0 Å². The van der Waals surface area contributed by atoms with E-state index >= 15 is 0 Å². The second-order valence-electron chi connectivity index (χ2n) is 6.31. The number of thioether (sulfide) groups is 1. The summed E-state index contributed by atoms with van der Waals surface area (Å²) >= 11 is 7.53. The fourth-order valence-electron chi connectivity index (χ4n) is 3.05. The van der Waals surface area contributed by atoms with Crippen LogP contribution in [0.2, 0.25) is 5.02 Å². The van der Waals surface area contributed by atoms with Crippen molar-refractivity contribution in [1.29, 1.82) is 0 Å². The zero-order chi connectivity index (χ0) is 19.3. The Morgan fingerprint density at radius 1 is 1.11 bits per heavy atom. The van der Waals surface area contributed by atoms with Crippen molar-refractivity contribution in [2.24, 2.45) is 0 Å². The minimum atomic E-state index is -0.415. The van der Waals surface area contributed by atoms with Gasteiger partial charge in [-0.2, -0.15) is 0 Å². The van der Waals surface area contributed by atoms with Gasteiger partial charge in [0.1, 0.15) is 11.6 Å². The maximum Gasteiger partial charge on any atom is 0.240 e. The van der Waals surface area contributed by atoms with Crippen LogP contribution < -0.4 is 0 Å². The third-order valence-electron chi connectivity index (χ3n) is 4.48. The first-order chi connectivity index (χ1) is 13.7. The number of halogens is 1. The molecule has 4 rings (SSSR count). The largest absolute Gasteiger partial charge is 0.378 e. The minimum Gasteiger partial charge on any atom is -0.378 e. The van der Waals surface area contributed by atoms with Crippen molar-refractivity contribution in [3.05, 3.63) is 71.5 Å². The molecular weight excluding hydrogens is 396 g/mol. The molecule has 1 unspecified atom stereocenters. The summed E-state index contributed by atoms with van der Waals surface area (Å²) < 4.78 is 7.24. The molecule has 1 fully saturated rings. The minimum absolute atomic E-state index is 0.0557. The number of morpholine rings is 1. The molecule has 0 spiro atoms. The number of carbonyl (C=O) groups is 1. The molecule has 1 aliphatic heterocycles. The van der Waals surface area contributed by atoms with Gasteiger partial charge in [0.25, 0.3) is 0 Å². The lowest BCUT2D eigenvalue weighted by molar-refractivity contribution is -0.134. The van der Waals surface area contributed by atoms with E-state index < -0.39 is 5.25 Å². The third kappa shape index (κ3) is 4.22. The van der Waals surface area contributed by atoms with E-state index in [2.05, 4.69) is 10.2 Å². The molecule has 0 saturated carbocycles. The lowest BCUT2D eigenvalue weighted by atomic mass is 10.1. The van der Waals surface area contributed by atoms with Crippen LogP contribution in [0.15, 0.2) is 66.1 Å². The maximum atomic E-state index is 13.3. The highest BCUT2D eigenvalue weighted by Crippen LogP contribution is 2.37. The van der Waals surface area contributed by atoms with E-state index in [-0.39, 0.29) is 5.91 Å². The predicted octanol–water partition coefficient (Wildman–Crippen LogP) is 3.61. The SMILES string of the molecule is O=C(C(Sc1nncn1-c1cccc(Cl)c1)c1ccccc1)N1CCOCC1. The number of benzene rings is 2. The van der Waals surface area contributed by atoms with Crippen LogP contribution in [0.3, 0.4) is 0 Å². The van der Waals surface area contributed by atoms with Gasteiger partial charge in [0.15, 0.2) is 5.16 Å². The molecule has 144 valence electrons. The number of nitrogens with zero attached hydrogens (tertiary/aromatic N) is 4. The van der Waals surface area contributed by atoms with Crippen LogP contribution in [0.4, 0.5) is 0 Å². The van der Waals surface area contributed by atoms with Gasteiger partial charge >= 0.3 is 0 Å². The van der Waals surface area contributed by atoms with Gasteiger partial charge in [-0.25, -0.2) is 0 Å². The molecule has 1 aliphatic rings. The summed E-state index contributed by atoms with van der Waals surface area (Å²) in [6.45, 7) is 2.33. The van der Waals surface area contributed by atoms with E-state index in [0.29, 0.717) is 36.5 Å². The second kappa shape index (κ2) is 8.77. The maximum absolute atomic E-state index is 13.3. The van der Waals surface area contributed by atoms with Crippen LogP contribution in [-0.4, -0.2) is 51.9 Å². The first kappa shape index (κ1) is 19.0. The van der Waals surface area contributed by atoms with E-state index in [1.807, 2.05) is 64.1 Å². The van der Waals surface area contributed by atoms with E-state index in [4.69, 9.17) is 16.3 Å². The topological polar surface area (TPSA) is 60.2 Å². The van der Waals surface area contributed by atoms with Gasteiger partial charge in [0.05, 0.1) is 18.9 Å². The molecule has 0 radical (unpaired) electrons. The molecule has 1 saturated heterocycles.